The summed E-state index contributed by atoms with van der Waals surface area (Å²) in [5.74, 6) is -2.10. The normalized spacial score (nSPS) is 34.5. The summed E-state index contributed by atoms with van der Waals surface area (Å²) in [6.07, 6.45) is -5.13. The number of aliphatic imine (C=N–C) groups is 1. The van der Waals surface area contributed by atoms with Crippen LogP contribution < -0.4 is 0 Å². The van der Waals surface area contributed by atoms with E-state index in [-0.39, 0.29) is 11.5 Å². The number of alkyl halides is 3. The molecule has 3 unspecified atom stereocenters. The molecule has 1 aromatic rings. The van der Waals surface area contributed by atoms with Gasteiger partial charge in [0.25, 0.3) is 0 Å². The lowest BCUT2D eigenvalue weighted by molar-refractivity contribution is -0.286. The lowest BCUT2D eigenvalue weighted by Crippen LogP contribution is -2.59. The molecule has 108 valence electrons. The first-order valence-electron chi connectivity index (χ1n) is 5.65. The molecule has 1 aliphatic rings. The minimum atomic E-state index is -5.09. The number of halogens is 3. The number of hydrogen-bond acceptors (Lipinski definition) is 5. The van der Waals surface area contributed by atoms with Gasteiger partial charge in [-0.1, -0.05) is 0 Å². The summed E-state index contributed by atoms with van der Waals surface area (Å²) >= 11 is 0. The van der Waals surface area contributed by atoms with Crippen molar-refractivity contribution in [2.45, 2.75) is 30.8 Å². The Morgan fingerprint density at radius 3 is 2.60 bits per heavy atom. The molecule has 3 atom stereocenters. The maximum absolute atomic E-state index is 13.1. The molecule has 0 bridgehead atoms. The molecule has 20 heavy (non-hydrogen) atoms. The van der Waals surface area contributed by atoms with Gasteiger partial charge in [-0.3, -0.25) is 4.99 Å². The number of rotatable bonds is 1. The van der Waals surface area contributed by atoms with Crippen molar-refractivity contribution in [3.8, 4) is 6.07 Å². The fourth-order valence-corrected chi connectivity index (χ4v) is 2.33. The molecule has 2 rings (SSSR count). The summed E-state index contributed by atoms with van der Waals surface area (Å²) in [5.41, 5.74) is -6.06. The average molecular weight is 288 g/mol. The van der Waals surface area contributed by atoms with E-state index in [4.69, 9.17) is 9.68 Å². The molecule has 0 aliphatic carbocycles. The standard InChI is InChI=1S/C12H11F3N2O3/c1-7-8(5-16)10(18,12(13,14)15)6-11(19,17-7)9-3-2-4-20-9/h2-4,8,18-19H,6H2,1H3. The zero-order valence-electron chi connectivity index (χ0n) is 10.3. The molecule has 0 saturated carbocycles. The number of hydrogen-bond donors (Lipinski definition) is 2. The van der Waals surface area contributed by atoms with Crippen molar-refractivity contribution in [3.05, 3.63) is 24.2 Å². The predicted molar refractivity (Wildman–Crippen MR) is 60.4 cm³/mol. The van der Waals surface area contributed by atoms with Crippen molar-refractivity contribution < 1.29 is 27.8 Å². The molecule has 8 heteroatoms. The third-order valence-electron chi connectivity index (χ3n) is 3.31. The van der Waals surface area contributed by atoms with Crippen LogP contribution in [0.4, 0.5) is 13.2 Å². The SMILES string of the molecule is CC1=NC(O)(c2ccco2)CC(O)(C(F)(F)F)C1C#N. The fraction of sp³-hybridized carbons (Fsp3) is 0.500. The first-order valence-corrected chi connectivity index (χ1v) is 5.65. The van der Waals surface area contributed by atoms with E-state index in [1.807, 2.05) is 0 Å². The van der Waals surface area contributed by atoms with Gasteiger partial charge >= 0.3 is 6.18 Å². The lowest BCUT2D eigenvalue weighted by Gasteiger charge is -2.42. The molecule has 2 heterocycles. The van der Waals surface area contributed by atoms with Crippen molar-refractivity contribution in [2.24, 2.45) is 10.9 Å². The molecule has 5 nitrogen and oxygen atoms in total. The number of nitrogens with zero attached hydrogens (tertiary/aromatic N) is 2. The smallest absolute Gasteiger partial charge is 0.419 e. The van der Waals surface area contributed by atoms with Gasteiger partial charge in [-0.05, 0) is 19.1 Å². The van der Waals surface area contributed by atoms with Gasteiger partial charge in [-0.2, -0.15) is 18.4 Å². The third-order valence-corrected chi connectivity index (χ3v) is 3.31. The van der Waals surface area contributed by atoms with Crippen molar-refractivity contribution in [3.63, 3.8) is 0 Å². The van der Waals surface area contributed by atoms with Crippen LogP contribution in [0.5, 0.6) is 0 Å². The van der Waals surface area contributed by atoms with Crippen molar-refractivity contribution in [1.29, 1.82) is 5.26 Å². The zero-order valence-corrected chi connectivity index (χ0v) is 10.3. The van der Waals surface area contributed by atoms with Crippen LogP contribution in [0.15, 0.2) is 27.8 Å². The van der Waals surface area contributed by atoms with E-state index in [0.717, 1.165) is 6.92 Å². The molecule has 1 aliphatic heterocycles. The summed E-state index contributed by atoms with van der Waals surface area (Å²) in [7, 11) is 0. The van der Waals surface area contributed by atoms with E-state index < -0.39 is 29.8 Å². The summed E-state index contributed by atoms with van der Waals surface area (Å²) < 4.78 is 44.3. The lowest BCUT2D eigenvalue weighted by atomic mass is 9.75. The summed E-state index contributed by atoms with van der Waals surface area (Å²) in [5, 5.41) is 29.1. The quantitative estimate of drug-likeness (QED) is 0.823. The van der Waals surface area contributed by atoms with Gasteiger partial charge in [-0.15, -0.1) is 0 Å². The van der Waals surface area contributed by atoms with Crippen LogP contribution in [0.1, 0.15) is 19.1 Å². The first kappa shape index (κ1) is 14.6. The van der Waals surface area contributed by atoms with Crippen LogP contribution in [-0.4, -0.2) is 27.7 Å². The highest BCUT2D eigenvalue weighted by atomic mass is 19.4. The molecular weight excluding hydrogens is 277 g/mol. The van der Waals surface area contributed by atoms with Crippen LogP contribution in [-0.2, 0) is 5.72 Å². The molecule has 0 saturated heterocycles. The second-order valence-corrected chi connectivity index (χ2v) is 4.71. The van der Waals surface area contributed by atoms with Crippen molar-refractivity contribution >= 4 is 5.71 Å². The molecule has 0 amide bonds. The fourth-order valence-electron chi connectivity index (χ4n) is 2.33. The molecule has 0 radical (unpaired) electrons. The minimum Gasteiger partial charge on any atom is -0.464 e. The van der Waals surface area contributed by atoms with E-state index in [9.17, 15) is 23.4 Å². The summed E-state index contributed by atoms with van der Waals surface area (Å²) in [4.78, 5) is 3.71. The van der Waals surface area contributed by atoms with Gasteiger partial charge in [0.15, 0.2) is 11.4 Å². The zero-order chi connectivity index (χ0) is 15.2. The Hall–Kier alpha value is -1.85. The monoisotopic (exact) mass is 288 g/mol. The molecule has 0 aromatic carbocycles. The number of furan rings is 1. The predicted octanol–water partition coefficient (Wildman–Crippen LogP) is 1.72. The molecule has 2 N–H and O–H groups in total. The van der Waals surface area contributed by atoms with E-state index in [1.54, 1.807) is 0 Å². The Labute approximate surface area is 112 Å². The third kappa shape index (κ3) is 1.99. The molecular formula is C12H11F3N2O3. The Kier molecular flexibility index (Phi) is 3.15. The Morgan fingerprint density at radius 1 is 1.50 bits per heavy atom. The summed E-state index contributed by atoms with van der Waals surface area (Å²) in [6.45, 7) is 1.15. The second-order valence-electron chi connectivity index (χ2n) is 4.71. The van der Waals surface area contributed by atoms with Gasteiger partial charge in [0.2, 0.25) is 5.72 Å². The maximum atomic E-state index is 13.1. The van der Waals surface area contributed by atoms with Crippen LogP contribution in [0.25, 0.3) is 0 Å². The highest BCUT2D eigenvalue weighted by molar-refractivity contribution is 5.89. The molecule has 0 fully saturated rings. The van der Waals surface area contributed by atoms with Crippen LogP contribution in [0.3, 0.4) is 0 Å². The Balaban J connectivity index is 2.58. The number of aliphatic hydroxyl groups is 2. The van der Waals surface area contributed by atoms with Gasteiger partial charge in [0, 0.05) is 12.1 Å². The van der Waals surface area contributed by atoms with E-state index >= 15 is 0 Å². The average Bonchev–Trinajstić information content (AvgIpc) is 2.80. The van der Waals surface area contributed by atoms with Crippen LogP contribution in [0, 0.1) is 17.2 Å². The van der Waals surface area contributed by atoms with E-state index in [1.165, 1.54) is 24.5 Å². The highest BCUT2D eigenvalue weighted by Crippen LogP contribution is 2.48. The van der Waals surface area contributed by atoms with Gasteiger partial charge in [0.1, 0.15) is 5.92 Å². The highest BCUT2D eigenvalue weighted by Gasteiger charge is 2.65. The van der Waals surface area contributed by atoms with Crippen LogP contribution >= 0.6 is 0 Å². The maximum Gasteiger partial charge on any atom is 0.419 e. The Bertz CT molecular complexity index is 576. The second kappa shape index (κ2) is 4.33. The first-order chi connectivity index (χ1) is 9.14. The number of nitriles is 1. The van der Waals surface area contributed by atoms with Gasteiger partial charge in [-0.25, -0.2) is 0 Å². The molecule has 1 aromatic heterocycles. The topological polar surface area (TPSA) is 89.8 Å². The Morgan fingerprint density at radius 2 is 2.15 bits per heavy atom. The van der Waals surface area contributed by atoms with Crippen molar-refractivity contribution in [2.75, 3.05) is 0 Å². The van der Waals surface area contributed by atoms with Crippen LogP contribution in [0.2, 0.25) is 0 Å². The van der Waals surface area contributed by atoms with Gasteiger partial charge < -0.3 is 14.6 Å². The van der Waals surface area contributed by atoms with E-state index in [2.05, 4.69) is 4.99 Å². The summed E-state index contributed by atoms with van der Waals surface area (Å²) in [6, 6.07) is 4.02. The molecule has 0 spiro atoms. The van der Waals surface area contributed by atoms with Crippen molar-refractivity contribution in [1.82, 2.24) is 0 Å². The van der Waals surface area contributed by atoms with Gasteiger partial charge in [0.05, 0.1) is 12.3 Å². The largest absolute Gasteiger partial charge is 0.464 e. The van der Waals surface area contributed by atoms with E-state index in [0.29, 0.717) is 0 Å². The minimum absolute atomic E-state index is 0.226.